The van der Waals surface area contributed by atoms with E-state index in [9.17, 15) is 9.59 Å². The molecule has 4 N–H and O–H groups in total. The Labute approximate surface area is 129 Å². The molecule has 8 heteroatoms. The normalized spacial score (nSPS) is 12.2. The lowest BCUT2D eigenvalue weighted by Crippen LogP contribution is -2.49. The maximum Gasteiger partial charge on any atom is 0.422 e. The molecule has 0 aromatic heterocycles. The Morgan fingerprint density at radius 3 is 2.33 bits per heavy atom. The zero-order valence-electron chi connectivity index (χ0n) is 12.1. The summed E-state index contributed by atoms with van der Waals surface area (Å²) >= 11 is 3.67. The van der Waals surface area contributed by atoms with E-state index >= 15 is 0 Å². The summed E-state index contributed by atoms with van der Waals surface area (Å²) in [5.41, 5.74) is 5.23. The van der Waals surface area contributed by atoms with Crippen molar-refractivity contribution in [2.24, 2.45) is 0 Å². The van der Waals surface area contributed by atoms with Gasteiger partial charge in [-0.05, 0) is 26.3 Å². The minimum Gasteiger partial charge on any atom is -0.443 e. The van der Waals surface area contributed by atoms with Crippen molar-refractivity contribution >= 4 is 24.9 Å². The molecule has 0 saturated carbocycles. The Morgan fingerprint density at radius 2 is 1.81 bits per heavy atom. The number of nitrogens with one attached hydrogen (secondary N) is 4. The maximum absolute atomic E-state index is 11.6. The van der Waals surface area contributed by atoms with Gasteiger partial charge >= 0.3 is 12.1 Å². The molecule has 1 aromatic carbocycles. The largest absolute Gasteiger partial charge is 0.443 e. The van der Waals surface area contributed by atoms with Crippen molar-refractivity contribution < 1.29 is 14.3 Å². The van der Waals surface area contributed by atoms with E-state index in [4.69, 9.17) is 4.74 Å². The van der Waals surface area contributed by atoms with Gasteiger partial charge in [-0.1, -0.05) is 43.1 Å². The molecule has 1 aromatic rings. The van der Waals surface area contributed by atoms with Gasteiger partial charge in [0, 0.05) is 0 Å². The van der Waals surface area contributed by atoms with Crippen LogP contribution in [0.15, 0.2) is 30.3 Å². The zero-order valence-corrected chi connectivity index (χ0v) is 13.0. The fraction of sp³-hybridized carbons (Fsp3) is 0.385. The van der Waals surface area contributed by atoms with Crippen LogP contribution >= 0.6 is 12.8 Å². The molecule has 0 aliphatic carbocycles. The monoisotopic (exact) mass is 312 g/mol. The molecule has 1 atom stereocenters. The second-order valence-corrected chi connectivity index (χ2v) is 5.42. The van der Waals surface area contributed by atoms with E-state index in [0.717, 1.165) is 5.56 Å². The lowest BCUT2D eigenvalue weighted by molar-refractivity contribution is 0.0484. The highest BCUT2D eigenvalue weighted by atomic mass is 32.1. The molecule has 0 heterocycles. The van der Waals surface area contributed by atoms with Crippen molar-refractivity contribution in [2.75, 3.05) is 0 Å². The standard InChI is InChI=1S/C13H20N4O3S/c1-13(2,3)20-12(19)16-15-10(14-11(18)17-21)9-7-5-4-6-8-9/h4-8,10,15,21H,1-3H3,(H,16,19)(H2,14,17,18). The van der Waals surface area contributed by atoms with Gasteiger partial charge in [0.05, 0.1) is 0 Å². The lowest BCUT2D eigenvalue weighted by Gasteiger charge is -2.23. The Bertz CT molecular complexity index is 476. The number of amides is 3. The fourth-order valence-electron chi connectivity index (χ4n) is 1.45. The minimum atomic E-state index is -0.642. The van der Waals surface area contributed by atoms with Crippen LogP contribution in [-0.2, 0) is 4.74 Å². The summed E-state index contributed by atoms with van der Waals surface area (Å²) in [6.45, 7) is 5.27. The number of hydrogen-bond donors (Lipinski definition) is 5. The molecule has 3 amide bonds. The predicted molar refractivity (Wildman–Crippen MR) is 82.3 cm³/mol. The van der Waals surface area contributed by atoms with Crippen molar-refractivity contribution in [3.63, 3.8) is 0 Å². The SMILES string of the molecule is CC(C)(C)OC(=O)NNC(NC(=O)NS)c1ccccc1. The quantitative estimate of drug-likeness (QED) is 0.333. The summed E-state index contributed by atoms with van der Waals surface area (Å²) < 4.78 is 7.25. The lowest BCUT2D eigenvalue weighted by atomic mass is 10.2. The number of hydrogen-bond acceptors (Lipinski definition) is 5. The molecule has 7 nitrogen and oxygen atoms in total. The molecule has 0 spiro atoms. The Morgan fingerprint density at radius 1 is 1.19 bits per heavy atom. The molecule has 1 unspecified atom stereocenters. The summed E-state index contributed by atoms with van der Waals surface area (Å²) in [7, 11) is 0. The molecule has 0 radical (unpaired) electrons. The van der Waals surface area contributed by atoms with Crippen molar-refractivity contribution in [1.82, 2.24) is 20.9 Å². The topological polar surface area (TPSA) is 91.5 Å². The van der Waals surface area contributed by atoms with Crippen LogP contribution in [0.25, 0.3) is 0 Å². The number of urea groups is 1. The van der Waals surface area contributed by atoms with E-state index in [1.54, 1.807) is 32.9 Å². The van der Waals surface area contributed by atoms with E-state index in [0.29, 0.717) is 0 Å². The number of ether oxygens (including phenoxy) is 1. The van der Waals surface area contributed by atoms with Crippen LogP contribution in [0.4, 0.5) is 9.59 Å². The van der Waals surface area contributed by atoms with E-state index in [1.807, 2.05) is 18.2 Å². The van der Waals surface area contributed by atoms with Crippen LogP contribution in [0.3, 0.4) is 0 Å². The zero-order chi connectivity index (χ0) is 15.9. The summed E-state index contributed by atoms with van der Waals surface area (Å²) in [5, 5.41) is 2.59. The first kappa shape index (κ1) is 17.1. The Kier molecular flexibility index (Phi) is 6.32. The van der Waals surface area contributed by atoms with Crippen LogP contribution < -0.4 is 20.9 Å². The van der Waals surface area contributed by atoms with E-state index < -0.39 is 23.9 Å². The van der Waals surface area contributed by atoms with Crippen LogP contribution in [0.5, 0.6) is 0 Å². The van der Waals surface area contributed by atoms with Gasteiger partial charge in [0.1, 0.15) is 11.8 Å². The molecule has 0 saturated heterocycles. The molecule has 0 aliphatic heterocycles. The van der Waals surface area contributed by atoms with Gasteiger partial charge < -0.3 is 10.1 Å². The van der Waals surface area contributed by atoms with Crippen molar-refractivity contribution in [1.29, 1.82) is 0 Å². The van der Waals surface area contributed by atoms with E-state index in [2.05, 4.69) is 33.7 Å². The third-order valence-corrected chi connectivity index (χ3v) is 2.43. The average molecular weight is 312 g/mol. The van der Waals surface area contributed by atoms with Crippen LogP contribution in [0.2, 0.25) is 0 Å². The highest BCUT2D eigenvalue weighted by Crippen LogP contribution is 2.09. The first-order chi connectivity index (χ1) is 9.81. The molecule has 1 rings (SSSR count). The van der Waals surface area contributed by atoms with Crippen molar-refractivity contribution in [3.8, 4) is 0 Å². The number of carbonyl (C=O) groups excluding carboxylic acids is 2. The van der Waals surface area contributed by atoms with Crippen molar-refractivity contribution in [3.05, 3.63) is 35.9 Å². The van der Waals surface area contributed by atoms with E-state index in [1.165, 1.54) is 0 Å². The first-order valence-corrected chi connectivity index (χ1v) is 6.76. The molecular weight excluding hydrogens is 292 g/mol. The number of rotatable bonds is 4. The van der Waals surface area contributed by atoms with E-state index in [-0.39, 0.29) is 0 Å². The molecule has 21 heavy (non-hydrogen) atoms. The molecule has 0 aliphatic rings. The summed E-state index contributed by atoms with van der Waals surface area (Å²) in [5.74, 6) is 0. The number of benzene rings is 1. The predicted octanol–water partition coefficient (Wildman–Crippen LogP) is 1.86. The third-order valence-electron chi connectivity index (χ3n) is 2.23. The molecular formula is C13H20N4O3S. The highest BCUT2D eigenvalue weighted by molar-refractivity contribution is 7.78. The van der Waals surface area contributed by atoms with Crippen LogP contribution in [0, 0.1) is 0 Å². The highest BCUT2D eigenvalue weighted by Gasteiger charge is 2.18. The number of hydrazine groups is 1. The Balaban J connectivity index is 2.66. The van der Waals surface area contributed by atoms with Crippen molar-refractivity contribution in [2.45, 2.75) is 32.5 Å². The smallest absolute Gasteiger partial charge is 0.422 e. The van der Waals surface area contributed by atoms with Crippen LogP contribution in [-0.4, -0.2) is 17.7 Å². The fourth-order valence-corrected chi connectivity index (χ4v) is 1.51. The maximum atomic E-state index is 11.6. The number of carbonyl (C=O) groups is 2. The summed E-state index contributed by atoms with van der Waals surface area (Å²) in [6.07, 6.45) is -1.28. The third kappa shape index (κ3) is 6.87. The number of thiol groups is 1. The second-order valence-electron chi connectivity index (χ2n) is 5.20. The molecule has 0 fully saturated rings. The second kappa shape index (κ2) is 7.75. The average Bonchev–Trinajstić information content (AvgIpc) is 2.42. The Hall–Kier alpha value is -1.93. The minimum absolute atomic E-state index is 0.509. The first-order valence-electron chi connectivity index (χ1n) is 6.32. The van der Waals surface area contributed by atoms with Gasteiger partial charge in [-0.2, -0.15) is 0 Å². The van der Waals surface area contributed by atoms with Gasteiger partial charge in [-0.3, -0.25) is 10.1 Å². The van der Waals surface area contributed by atoms with Crippen LogP contribution in [0.1, 0.15) is 32.5 Å². The molecule has 0 bridgehead atoms. The van der Waals surface area contributed by atoms with Gasteiger partial charge in [-0.25, -0.2) is 15.0 Å². The summed E-state index contributed by atoms with van der Waals surface area (Å²) in [6, 6.07) is 8.57. The summed E-state index contributed by atoms with van der Waals surface area (Å²) in [4.78, 5) is 23.0. The van der Waals surface area contributed by atoms with Gasteiger partial charge in [0.2, 0.25) is 0 Å². The molecule has 116 valence electrons. The van der Waals surface area contributed by atoms with Gasteiger partial charge in [0.15, 0.2) is 0 Å². The van der Waals surface area contributed by atoms with Gasteiger partial charge in [-0.15, -0.1) is 0 Å². The van der Waals surface area contributed by atoms with Gasteiger partial charge in [0.25, 0.3) is 0 Å².